The molecule has 2 aromatic rings. The Morgan fingerprint density at radius 3 is 2.88 bits per heavy atom. The summed E-state index contributed by atoms with van der Waals surface area (Å²) >= 11 is 0. The average Bonchev–Trinajstić information content (AvgIpc) is 3.07. The summed E-state index contributed by atoms with van der Waals surface area (Å²) in [5, 5.41) is 21.6. The molecule has 25 heavy (non-hydrogen) atoms. The SMILES string of the molecule is CC1NCCCC1NC(=O)c1ccn(-c2ccccc2[N+](=O)[O-])n1.Cl. The third-order valence-corrected chi connectivity index (χ3v) is 4.23. The predicted octanol–water partition coefficient (Wildman–Crippen LogP) is 2.07. The van der Waals surface area contributed by atoms with Crippen molar-refractivity contribution in [3.05, 3.63) is 52.3 Å². The molecule has 9 heteroatoms. The summed E-state index contributed by atoms with van der Waals surface area (Å²) in [6.07, 6.45) is 3.49. The molecule has 134 valence electrons. The molecule has 1 aromatic carbocycles. The fourth-order valence-electron chi connectivity index (χ4n) is 2.87. The number of nitrogens with zero attached hydrogens (tertiary/aromatic N) is 3. The second kappa shape index (κ2) is 8.09. The van der Waals surface area contributed by atoms with Crippen molar-refractivity contribution < 1.29 is 9.72 Å². The Labute approximate surface area is 151 Å². The molecular formula is C16H20ClN5O3. The molecule has 0 aliphatic carbocycles. The van der Waals surface area contributed by atoms with Gasteiger partial charge in [0.15, 0.2) is 5.69 Å². The Bertz CT molecular complexity index is 764. The first kappa shape index (κ1) is 18.9. The van der Waals surface area contributed by atoms with Crippen molar-refractivity contribution in [1.82, 2.24) is 20.4 Å². The van der Waals surface area contributed by atoms with Gasteiger partial charge in [-0.3, -0.25) is 14.9 Å². The van der Waals surface area contributed by atoms with E-state index in [2.05, 4.69) is 15.7 Å². The van der Waals surface area contributed by atoms with Gasteiger partial charge in [0.25, 0.3) is 11.6 Å². The normalized spacial score (nSPS) is 19.7. The van der Waals surface area contributed by atoms with Crippen LogP contribution in [0.3, 0.4) is 0 Å². The maximum atomic E-state index is 12.4. The van der Waals surface area contributed by atoms with Gasteiger partial charge in [0, 0.05) is 24.3 Å². The monoisotopic (exact) mass is 365 g/mol. The van der Waals surface area contributed by atoms with Gasteiger partial charge < -0.3 is 10.6 Å². The van der Waals surface area contributed by atoms with Crippen LogP contribution in [0.5, 0.6) is 0 Å². The van der Waals surface area contributed by atoms with Crippen molar-refractivity contribution in [1.29, 1.82) is 0 Å². The number of para-hydroxylation sites is 2. The van der Waals surface area contributed by atoms with Gasteiger partial charge in [0.1, 0.15) is 5.69 Å². The third-order valence-electron chi connectivity index (χ3n) is 4.23. The molecule has 1 aromatic heterocycles. The Kier molecular flexibility index (Phi) is 6.11. The van der Waals surface area contributed by atoms with Crippen LogP contribution in [0, 0.1) is 10.1 Å². The summed E-state index contributed by atoms with van der Waals surface area (Å²) < 4.78 is 1.36. The van der Waals surface area contributed by atoms with E-state index in [4.69, 9.17) is 0 Å². The topological polar surface area (TPSA) is 102 Å². The summed E-state index contributed by atoms with van der Waals surface area (Å²) in [7, 11) is 0. The van der Waals surface area contributed by atoms with Crippen molar-refractivity contribution in [3.63, 3.8) is 0 Å². The number of halogens is 1. The molecule has 1 aliphatic heterocycles. The van der Waals surface area contributed by atoms with E-state index in [1.165, 1.54) is 10.7 Å². The van der Waals surface area contributed by atoms with Crippen LogP contribution in [0.25, 0.3) is 5.69 Å². The molecule has 1 aliphatic rings. The van der Waals surface area contributed by atoms with Crippen LogP contribution in [0.1, 0.15) is 30.3 Å². The zero-order chi connectivity index (χ0) is 17.1. The Morgan fingerprint density at radius 2 is 2.16 bits per heavy atom. The van der Waals surface area contributed by atoms with Gasteiger partial charge in [-0.2, -0.15) is 5.10 Å². The molecule has 1 fully saturated rings. The number of amides is 1. The van der Waals surface area contributed by atoms with Crippen molar-refractivity contribution in [2.75, 3.05) is 6.54 Å². The lowest BCUT2D eigenvalue weighted by Gasteiger charge is -2.30. The van der Waals surface area contributed by atoms with E-state index in [-0.39, 0.29) is 41.8 Å². The minimum absolute atomic E-state index is 0. The summed E-state index contributed by atoms with van der Waals surface area (Å²) in [4.78, 5) is 23.0. The number of rotatable bonds is 4. The molecule has 2 atom stereocenters. The van der Waals surface area contributed by atoms with Crippen LogP contribution < -0.4 is 10.6 Å². The zero-order valence-corrected chi connectivity index (χ0v) is 14.5. The number of hydrogen-bond donors (Lipinski definition) is 2. The van der Waals surface area contributed by atoms with Gasteiger partial charge in [-0.15, -0.1) is 12.4 Å². The van der Waals surface area contributed by atoms with Crippen molar-refractivity contribution >= 4 is 24.0 Å². The highest BCUT2D eigenvalue weighted by molar-refractivity contribution is 5.92. The summed E-state index contributed by atoms with van der Waals surface area (Å²) in [6.45, 7) is 3.00. The van der Waals surface area contributed by atoms with Gasteiger partial charge in [-0.05, 0) is 38.4 Å². The lowest BCUT2D eigenvalue weighted by molar-refractivity contribution is -0.384. The minimum atomic E-state index is -0.466. The molecule has 2 heterocycles. The number of carbonyl (C=O) groups excluding carboxylic acids is 1. The van der Waals surface area contributed by atoms with E-state index in [0.29, 0.717) is 5.69 Å². The zero-order valence-electron chi connectivity index (χ0n) is 13.7. The summed E-state index contributed by atoms with van der Waals surface area (Å²) in [5.41, 5.74) is 0.512. The standard InChI is InChI=1S/C16H19N5O3.ClH/c1-11-12(5-4-9-17-11)18-16(22)13-8-10-20(19-13)14-6-2-3-7-15(14)21(23)24;/h2-3,6-8,10-12,17H,4-5,9H2,1H3,(H,18,22);1H. The summed E-state index contributed by atoms with van der Waals surface area (Å²) in [5.74, 6) is -0.270. The molecule has 2 N–H and O–H groups in total. The molecule has 0 radical (unpaired) electrons. The van der Waals surface area contributed by atoms with E-state index in [1.54, 1.807) is 30.5 Å². The van der Waals surface area contributed by atoms with Crippen molar-refractivity contribution in [2.45, 2.75) is 31.8 Å². The molecule has 1 amide bonds. The summed E-state index contributed by atoms with van der Waals surface area (Å²) in [6, 6.07) is 8.12. The first-order valence-electron chi connectivity index (χ1n) is 7.90. The van der Waals surface area contributed by atoms with Crippen LogP contribution >= 0.6 is 12.4 Å². The molecule has 3 rings (SSSR count). The number of nitro groups is 1. The fourth-order valence-corrected chi connectivity index (χ4v) is 2.87. The Morgan fingerprint density at radius 1 is 1.40 bits per heavy atom. The van der Waals surface area contributed by atoms with Gasteiger partial charge in [0.05, 0.1) is 4.92 Å². The molecule has 8 nitrogen and oxygen atoms in total. The molecule has 1 saturated heterocycles. The van der Waals surface area contributed by atoms with Crippen LogP contribution in [0.4, 0.5) is 5.69 Å². The van der Waals surface area contributed by atoms with Crippen LogP contribution in [0.15, 0.2) is 36.5 Å². The molecule has 0 bridgehead atoms. The number of hydrogen-bond acceptors (Lipinski definition) is 5. The van der Waals surface area contributed by atoms with Crippen molar-refractivity contribution in [3.8, 4) is 5.69 Å². The quantitative estimate of drug-likeness (QED) is 0.638. The maximum absolute atomic E-state index is 12.4. The predicted molar refractivity (Wildman–Crippen MR) is 95.4 cm³/mol. The molecule has 2 unspecified atom stereocenters. The van der Waals surface area contributed by atoms with Crippen molar-refractivity contribution in [2.24, 2.45) is 0 Å². The smallest absolute Gasteiger partial charge is 0.294 e. The van der Waals surface area contributed by atoms with E-state index in [1.807, 2.05) is 6.92 Å². The first-order valence-corrected chi connectivity index (χ1v) is 7.90. The van der Waals surface area contributed by atoms with Crippen LogP contribution in [0.2, 0.25) is 0 Å². The van der Waals surface area contributed by atoms with E-state index < -0.39 is 4.92 Å². The number of carbonyl (C=O) groups is 1. The van der Waals surface area contributed by atoms with Crippen LogP contribution in [-0.2, 0) is 0 Å². The lowest BCUT2D eigenvalue weighted by Crippen LogP contribution is -2.52. The second-order valence-electron chi connectivity index (χ2n) is 5.86. The van der Waals surface area contributed by atoms with Gasteiger partial charge in [-0.1, -0.05) is 12.1 Å². The van der Waals surface area contributed by atoms with E-state index in [9.17, 15) is 14.9 Å². The first-order chi connectivity index (χ1) is 11.6. The number of piperidine rings is 1. The Balaban J connectivity index is 0.00000225. The highest BCUT2D eigenvalue weighted by Gasteiger charge is 2.24. The fraction of sp³-hybridized carbons (Fsp3) is 0.375. The maximum Gasteiger partial charge on any atom is 0.294 e. The highest BCUT2D eigenvalue weighted by atomic mass is 35.5. The highest BCUT2D eigenvalue weighted by Crippen LogP contribution is 2.21. The van der Waals surface area contributed by atoms with E-state index in [0.717, 1.165) is 19.4 Å². The largest absolute Gasteiger partial charge is 0.346 e. The molecular weight excluding hydrogens is 346 g/mol. The number of nitrogens with one attached hydrogen (secondary N) is 2. The number of nitro benzene ring substituents is 1. The number of benzene rings is 1. The third kappa shape index (κ3) is 4.15. The molecule has 0 saturated carbocycles. The average molecular weight is 366 g/mol. The molecule has 0 spiro atoms. The van der Waals surface area contributed by atoms with Gasteiger partial charge in [-0.25, -0.2) is 4.68 Å². The Hall–Kier alpha value is -2.45. The number of aromatic nitrogens is 2. The minimum Gasteiger partial charge on any atom is -0.346 e. The second-order valence-corrected chi connectivity index (χ2v) is 5.86. The lowest BCUT2D eigenvalue weighted by atomic mass is 10.00. The van der Waals surface area contributed by atoms with Gasteiger partial charge in [0.2, 0.25) is 0 Å². The van der Waals surface area contributed by atoms with E-state index >= 15 is 0 Å². The van der Waals surface area contributed by atoms with Crippen LogP contribution in [-0.4, -0.2) is 39.2 Å². The van der Waals surface area contributed by atoms with Gasteiger partial charge >= 0.3 is 0 Å².